The zero-order valence-electron chi connectivity index (χ0n) is 15.0. The highest BCUT2D eigenvalue weighted by Crippen LogP contribution is 2.27. The van der Waals surface area contributed by atoms with Crippen molar-refractivity contribution in [1.82, 2.24) is 9.88 Å². The molecular weight excluding hydrogens is 438 g/mol. The first kappa shape index (κ1) is 18.8. The van der Waals surface area contributed by atoms with Crippen LogP contribution < -0.4 is 5.32 Å². The third kappa shape index (κ3) is 4.31. The van der Waals surface area contributed by atoms with E-state index >= 15 is 0 Å². The maximum atomic E-state index is 12.5. The summed E-state index contributed by atoms with van der Waals surface area (Å²) < 4.78 is 0.985. The first-order valence-corrected chi connectivity index (χ1v) is 10.7. The van der Waals surface area contributed by atoms with Crippen LogP contribution in [0.1, 0.15) is 28.8 Å². The Morgan fingerprint density at radius 2 is 2.04 bits per heavy atom. The summed E-state index contributed by atoms with van der Waals surface area (Å²) in [6.45, 7) is 1.41. The van der Waals surface area contributed by atoms with Gasteiger partial charge in [0.2, 0.25) is 5.91 Å². The van der Waals surface area contributed by atoms with Gasteiger partial charge in [-0.25, -0.2) is 4.98 Å². The number of rotatable bonds is 5. The molecule has 2 aromatic carbocycles. The predicted octanol–water partition coefficient (Wildman–Crippen LogP) is 4.95. The summed E-state index contributed by atoms with van der Waals surface area (Å²) in [5, 5.41) is 5.34. The number of nitrogens with one attached hydrogen (secondary N) is 1. The van der Waals surface area contributed by atoms with Crippen LogP contribution >= 0.6 is 27.3 Å². The summed E-state index contributed by atoms with van der Waals surface area (Å²) >= 11 is 4.85. The number of carbonyl (C=O) groups excluding carboxylic acids is 2. The van der Waals surface area contributed by atoms with Gasteiger partial charge in [-0.05, 0) is 36.2 Å². The zero-order valence-corrected chi connectivity index (χ0v) is 17.4. The van der Waals surface area contributed by atoms with Crippen molar-refractivity contribution in [2.24, 2.45) is 0 Å². The molecule has 0 unspecified atom stereocenters. The van der Waals surface area contributed by atoms with Gasteiger partial charge in [-0.15, -0.1) is 11.3 Å². The van der Waals surface area contributed by atoms with Crippen molar-refractivity contribution in [3.63, 3.8) is 0 Å². The number of aromatic nitrogens is 1. The molecule has 28 heavy (non-hydrogen) atoms. The van der Waals surface area contributed by atoms with Crippen LogP contribution in [0.25, 0.3) is 11.3 Å². The molecule has 0 aliphatic carbocycles. The van der Waals surface area contributed by atoms with E-state index in [1.807, 2.05) is 46.7 Å². The molecule has 2 amide bonds. The van der Waals surface area contributed by atoms with E-state index in [1.165, 1.54) is 11.3 Å². The minimum Gasteiger partial charge on any atom is -0.338 e. The van der Waals surface area contributed by atoms with E-state index in [1.54, 1.807) is 12.1 Å². The second-order valence-electron chi connectivity index (χ2n) is 6.62. The molecule has 1 aliphatic heterocycles. The molecule has 0 spiro atoms. The number of nitrogens with zero attached hydrogens (tertiary/aromatic N) is 2. The summed E-state index contributed by atoms with van der Waals surface area (Å²) in [6, 6.07) is 15.3. The Morgan fingerprint density at radius 1 is 1.21 bits per heavy atom. The van der Waals surface area contributed by atoms with E-state index in [-0.39, 0.29) is 11.8 Å². The van der Waals surface area contributed by atoms with E-state index < -0.39 is 0 Å². The van der Waals surface area contributed by atoms with Crippen molar-refractivity contribution in [3.05, 3.63) is 69.5 Å². The van der Waals surface area contributed by atoms with Crippen molar-refractivity contribution < 1.29 is 9.59 Å². The van der Waals surface area contributed by atoms with Gasteiger partial charge in [0.15, 0.2) is 5.13 Å². The van der Waals surface area contributed by atoms with Crippen LogP contribution in [0.5, 0.6) is 0 Å². The lowest BCUT2D eigenvalue weighted by atomic mass is 10.1. The smallest absolute Gasteiger partial charge is 0.257 e. The lowest BCUT2D eigenvalue weighted by Crippen LogP contribution is -2.23. The second-order valence-corrected chi connectivity index (χ2v) is 8.39. The van der Waals surface area contributed by atoms with Crippen molar-refractivity contribution in [3.8, 4) is 11.3 Å². The Kier molecular flexibility index (Phi) is 5.54. The highest BCUT2D eigenvalue weighted by Gasteiger charge is 2.20. The normalized spacial score (nSPS) is 13.8. The molecule has 5 nitrogen and oxygen atoms in total. The van der Waals surface area contributed by atoms with Gasteiger partial charge >= 0.3 is 0 Å². The van der Waals surface area contributed by atoms with Crippen LogP contribution in [0.15, 0.2) is 58.4 Å². The number of likely N-dealkylation sites (tertiary alicyclic amines) is 1. The maximum Gasteiger partial charge on any atom is 0.257 e. The SMILES string of the molecule is O=C(Nc1nc(-c2cccc(Br)c2)cs1)c1ccc(CN2CCCC2=O)cc1. The lowest BCUT2D eigenvalue weighted by molar-refractivity contribution is -0.128. The fourth-order valence-electron chi connectivity index (χ4n) is 3.13. The lowest BCUT2D eigenvalue weighted by Gasteiger charge is -2.15. The largest absolute Gasteiger partial charge is 0.338 e. The summed E-state index contributed by atoms with van der Waals surface area (Å²) in [5.74, 6) is 0.00535. The molecule has 0 saturated carbocycles. The number of anilines is 1. The topological polar surface area (TPSA) is 62.3 Å². The van der Waals surface area contributed by atoms with Crippen LogP contribution in [0.4, 0.5) is 5.13 Å². The van der Waals surface area contributed by atoms with E-state index in [9.17, 15) is 9.59 Å². The van der Waals surface area contributed by atoms with Crippen molar-refractivity contribution in [2.45, 2.75) is 19.4 Å². The van der Waals surface area contributed by atoms with Gasteiger partial charge in [-0.3, -0.25) is 14.9 Å². The summed E-state index contributed by atoms with van der Waals surface area (Å²) in [4.78, 5) is 30.6. The number of halogens is 1. The highest BCUT2D eigenvalue weighted by atomic mass is 79.9. The van der Waals surface area contributed by atoms with Crippen LogP contribution in [-0.2, 0) is 11.3 Å². The number of thiazole rings is 1. The maximum absolute atomic E-state index is 12.5. The van der Waals surface area contributed by atoms with E-state index in [2.05, 4.69) is 26.2 Å². The Bertz CT molecular complexity index is 1020. The quantitative estimate of drug-likeness (QED) is 0.591. The minimum absolute atomic E-state index is 0.195. The van der Waals surface area contributed by atoms with Gasteiger partial charge in [0.1, 0.15) is 0 Å². The fraction of sp³-hybridized carbons (Fsp3) is 0.190. The fourth-order valence-corrected chi connectivity index (χ4v) is 4.25. The van der Waals surface area contributed by atoms with Gasteiger partial charge in [-0.2, -0.15) is 0 Å². The standard InChI is InChI=1S/C21H18BrN3O2S/c22-17-4-1-3-16(11-17)18-13-28-21(23-18)24-20(27)15-8-6-14(7-9-15)12-25-10-2-5-19(25)26/h1,3-4,6-9,11,13H,2,5,10,12H2,(H,23,24,27). The van der Waals surface area contributed by atoms with Crippen LogP contribution in [0, 0.1) is 0 Å². The Hall–Kier alpha value is -2.51. The molecule has 2 heterocycles. The molecular formula is C21H18BrN3O2S. The first-order valence-electron chi connectivity index (χ1n) is 8.98. The van der Waals surface area contributed by atoms with Crippen LogP contribution in [0.2, 0.25) is 0 Å². The molecule has 4 rings (SSSR count). The number of hydrogen-bond donors (Lipinski definition) is 1. The summed E-state index contributed by atoms with van der Waals surface area (Å²) in [5.41, 5.74) is 3.41. The van der Waals surface area contributed by atoms with Gasteiger partial charge < -0.3 is 4.90 Å². The molecule has 1 saturated heterocycles. The van der Waals surface area contributed by atoms with Crippen LogP contribution in [0.3, 0.4) is 0 Å². The van der Waals surface area contributed by atoms with Gasteiger partial charge in [-0.1, -0.05) is 40.2 Å². The summed E-state index contributed by atoms with van der Waals surface area (Å²) in [6.07, 6.45) is 1.56. The molecule has 0 bridgehead atoms. The number of carbonyl (C=O) groups is 2. The monoisotopic (exact) mass is 455 g/mol. The number of benzene rings is 2. The van der Waals surface area contributed by atoms with E-state index in [0.29, 0.717) is 23.7 Å². The highest BCUT2D eigenvalue weighted by molar-refractivity contribution is 9.10. The first-order chi connectivity index (χ1) is 13.6. The molecule has 0 radical (unpaired) electrons. The van der Waals surface area contributed by atoms with Crippen LogP contribution in [-0.4, -0.2) is 28.2 Å². The average Bonchev–Trinajstić information content (AvgIpc) is 3.32. The van der Waals surface area contributed by atoms with Gasteiger partial charge in [0.05, 0.1) is 5.69 Å². The average molecular weight is 456 g/mol. The molecule has 7 heteroatoms. The molecule has 0 atom stereocenters. The summed E-state index contributed by atoms with van der Waals surface area (Å²) in [7, 11) is 0. The molecule has 1 aromatic heterocycles. The molecule has 1 N–H and O–H groups in total. The Labute approximate surface area is 175 Å². The molecule has 1 aliphatic rings. The van der Waals surface area contributed by atoms with Crippen molar-refractivity contribution in [1.29, 1.82) is 0 Å². The van der Waals surface area contributed by atoms with Gasteiger partial charge in [0, 0.05) is 40.5 Å². The van der Waals surface area contributed by atoms with Crippen molar-refractivity contribution in [2.75, 3.05) is 11.9 Å². The molecule has 142 valence electrons. The zero-order chi connectivity index (χ0) is 19.5. The molecule has 3 aromatic rings. The number of amides is 2. The number of hydrogen-bond acceptors (Lipinski definition) is 4. The van der Waals surface area contributed by atoms with Gasteiger partial charge in [0.25, 0.3) is 5.91 Å². The predicted molar refractivity (Wildman–Crippen MR) is 114 cm³/mol. The third-order valence-corrected chi connectivity index (χ3v) is 5.86. The third-order valence-electron chi connectivity index (χ3n) is 4.61. The Balaban J connectivity index is 1.40. The van der Waals surface area contributed by atoms with Crippen molar-refractivity contribution >= 4 is 44.2 Å². The van der Waals surface area contributed by atoms with E-state index in [4.69, 9.17) is 0 Å². The Morgan fingerprint density at radius 3 is 2.75 bits per heavy atom. The van der Waals surface area contributed by atoms with E-state index in [0.717, 1.165) is 34.3 Å². The second kappa shape index (κ2) is 8.24. The minimum atomic E-state index is -0.195. The molecule has 1 fully saturated rings.